The maximum Gasteiger partial charge on any atom is 0.417 e. The van der Waals surface area contributed by atoms with Crippen LogP contribution in [0, 0.1) is 6.92 Å². The number of aryl methyl sites for hydroxylation is 1. The lowest BCUT2D eigenvalue weighted by Crippen LogP contribution is -2.55. The number of rotatable bonds is 8. The number of nitrogens with one attached hydrogen (secondary N) is 2. The fourth-order valence-corrected chi connectivity index (χ4v) is 7.97. The number of carbonyl (C=O) groups is 1. The third-order valence-electron chi connectivity index (χ3n) is 10.3. The van der Waals surface area contributed by atoms with E-state index < -0.39 is 22.7 Å². The van der Waals surface area contributed by atoms with Crippen molar-refractivity contribution in [1.29, 1.82) is 0 Å². The first-order chi connectivity index (χ1) is 24.8. The Morgan fingerprint density at radius 1 is 1.15 bits per heavy atom. The van der Waals surface area contributed by atoms with E-state index in [1.165, 1.54) is 11.4 Å². The molecule has 3 aliphatic rings. The quantitative estimate of drug-likeness (QED) is 0.252. The second-order valence-corrected chi connectivity index (χ2v) is 14.1. The lowest BCUT2D eigenvalue weighted by molar-refractivity contribution is -0.137. The summed E-state index contributed by atoms with van der Waals surface area (Å²) in [6.45, 7) is 7.22. The Kier molecular flexibility index (Phi) is 9.71. The van der Waals surface area contributed by atoms with Gasteiger partial charge in [-0.15, -0.1) is 5.10 Å². The highest BCUT2D eigenvalue weighted by atomic mass is 35.5. The average Bonchev–Trinajstić information content (AvgIpc) is 3.88. The van der Waals surface area contributed by atoms with Gasteiger partial charge in [0.05, 0.1) is 35.5 Å². The number of carbonyl (C=O) groups excluding carboxylic acids is 1. The van der Waals surface area contributed by atoms with E-state index in [0.29, 0.717) is 68.6 Å². The van der Waals surface area contributed by atoms with Crippen molar-refractivity contribution in [2.75, 3.05) is 48.0 Å². The van der Waals surface area contributed by atoms with Crippen LogP contribution in [0.4, 0.5) is 30.2 Å². The van der Waals surface area contributed by atoms with Gasteiger partial charge < -0.3 is 29.5 Å². The zero-order chi connectivity index (χ0) is 36.9. The molecule has 52 heavy (non-hydrogen) atoms. The Balaban J connectivity index is 1.24. The highest BCUT2D eigenvalue weighted by molar-refractivity contribution is 6.31. The Bertz CT molecular complexity index is 2160. The van der Waals surface area contributed by atoms with Crippen molar-refractivity contribution in [3.63, 3.8) is 0 Å². The van der Waals surface area contributed by atoms with Crippen LogP contribution in [0.2, 0.25) is 5.02 Å². The van der Waals surface area contributed by atoms with Gasteiger partial charge in [0.1, 0.15) is 17.9 Å². The third-order valence-corrected chi connectivity index (χ3v) is 10.6. The summed E-state index contributed by atoms with van der Waals surface area (Å²) >= 11 is 5.98. The number of anilines is 3. The fourth-order valence-electron chi connectivity index (χ4n) is 7.69. The van der Waals surface area contributed by atoms with Crippen LogP contribution in [0.1, 0.15) is 74.6 Å². The van der Waals surface area contributed by atoms with E-state index in [1.807, 2.05) is 24.8 Å². The van der Waals surface area contributed by atoms with Gasteiger partial charge in [-0.25, -0.2) is 4.68 Å². The smallest absolute Gasteiger partial charge is 0.377 e. The second kappa shape index (κ2) is 14.1. The van der Waals surface area contributed by atoms with E-state index in [9.17, 15) is 27.6 Å². The molecule has 7 rings (SSSR count). The second-order valence-electron chi connectivity index (χ2n) is 13.7. The average molecular weight is 744 g/mol. The minimum absolute atomic E-state index is 0.0432. The number of nitrogens with zero attached hydrogens (tertiary/aromatic N) is 7. The van der Waals surface area contributed by atoms with Gasteiger partial charge in [-0.2, -0.15) is 22.7 Å². The fraction of sp³-hybridized carbons (Fsp3) is 0.514. The molecule has 278 valence electrons. The number of piperazine rings is 1. The first-order valence-electron chi connectivity index (χ1n) is 17.6. The molecule has 2 N–H and O–H groups in total. The minimum atomic E-state index is -4.65. The molecule has 0 unspecified atom stereocenters. The molecule has 2 aliphatic heterocycles. The Morgan fingerprint density at radius 3 is 2.60 bits per heavy atom. The zero-order valence-electron chi connectivity index (χ0n) is 29.2. The van der Waals surface area contributed by atoms with Gasteiger partial charge in [0.25, 0.3) is 11.1 Å². The van der Waals surface area contributed by atoms with Crippen molar-refractivity contribution in [3.8, 4) is 0 Å². The molecule has 5 heterocycles. The molecule has 17 heteroatoms. The molecule has 1 amide bonds. The minimum Gasteiger partial charge on any atom is -0.377 e. The summed E-state index contributed by atoms with van der Waals surface area (Å²) in [5.74, 6) is -0.0377. The van der Waals surface area contributed by atoms with Crippen molar-refractivity contribution in [3.05, 3.63) is 72.8 Å². The maximum absolute atomic E-state index is 14.4. The first-order valence-corrected chi connectivity index (χ1v) is 18.0. The summed E-state index contributed by atoms with van der Waals surface area (Å²) in [6.07, 6.45) is 4.05. The number of halogens is 4. The van der Waals surface area contributed by atoms with Crippen LogP contribution >= 0.6 is 11.6 Å². The van der Waals surface area contributed by atoms with Crippen LogP contribution in [0.3, 0.4) is 0 Å². The van der Waals surface area contributed by atoms with Crippen LogP contribution in [0.25, 0.3) is 11.4 Å². The van der Waals surface area contributed by atoms with Crippen LogP contribution < -0.4 is 26.2 Å². The molecule has 2 fully saturated rings. The number of aromatic amines is 1. The molecule has 1 saturated carbocycles. The maximum atomic E-state index is 14.4. The molecule has 0 spiro atoms. The number of hydrogen-bond acceptors (Lipinski definition) is 8. The molecule has 0 radical (unpaired) electrons. The molecule has 4 aromatic rings. The molecule has 1 saturated heterocycles. The monoisotopic (exact) mass is 743 g/mol. The van der Waals surface area contributed by atoms with Crippen molar-refractivity contribution < 1.29 is 22.7 Å². The number of alkyl halides is 3. The Hall–Kier alpha value is -4.57. The molecular weight excluding hydrogens is 703 g/mol. The van der Waals surface area contributed by atoms with Gasteiger partial charge in [0, 0.05) is 37.6 Å². The normalized spacial score (nSPS) is 18.8. The van der Waals surface area contributed by atoms with E-state index in [-0.39, 0.29) is 46.8 Å². The number of amides is 1. The van der Waals surface area contributed by atoms with E-state index in [2.05, 4.69) is 20.4 Å². The molecule has 13 nitrogen and oxygen atoms in total. The van der Waals surface area contributed by atoms with Crippen LogP contribution in [-0.2, 0) is 28.7 Å². The summed E-state index contributed by atoms with van der Waals surface area (Å²) in [5.41, 5.74) is 1.25. The van der Waals surface area contributed by atoms with E-state index >= 15 is 0 Å². The predicted octanol–water partition coefficient (Wildman–Crippen LogP) is 5.20. The number of ether oxygens (including phenoxy) is 1. The molecule has 0 bridgehead atoms. The van der Waals surface area contributed by atoms with Crippen molar-refractivity contribution in [2.45, 2.75) is 84.1 Å². The first kappa shape index (κ1) is 35.8. The third kappa shape index (κ3) is 6.62. The van der Waals surface area contributed by atoms with Gasteiger partial charge in [-0.05, 0) is 62.8 Å². The number of aromatic nitrogens is 6. The van der Waals surface area contributed by atoms with Crippen molar-refractivity contribution >= 4 is 45.9 Å². The zero-order valence-corrected chi connectivity index (χ0v) is 30.0. The van der Waals surface area contributed by atoms with E-state index in [0.717, 1.165) is 43.4 Å². The lowest BCUT2D eigenvalue weighted by atomic mass is 10.1. The van der Waals surface area contributed by atoms with Gasteiger partial charge in [0.2, 0.25) is 11.7 Å². The number of benzene rings is 1. The molecule has 3 aromatic heterocycles. The lowest BCUT2D eigenvalue weighted by Gasteiger charge is -2.41. The van der Waals surface area contributed by atoms with Crippen LogP contribution in [0.15, 0.2) is 34.0 Å². The topological polar surface area (TPSA) is 135 Å². The standard InChI is InChI=1S/C35H41ClF3N9O4/c1-4-27-30(44-11-12-45(21(3)18-44)28-17-40-47(32(28)50)23-7-5-6-8-23)33(51)48-34(42-31(43-48)22-9-13-52-14-10-22)46(27)19-29(49)41-26-16-25(36)24(15-20(26)2)35(37,38)39/h9,15-17,21,23,40H,4-8,10-14,18-19H2,1-3H3,(H,41,49)/t21-/m1/s1. The highest BCUT2D eigenvalue weighted by Gasteiger charge is 2.35. The summed E-state index contributed by atoms with van der Waals surface area (Å²) in [7, 11) is 0. The summed E-state index contributed by atoms with van der Waals surface area (Å²) in [5, 5.41) is 9.97. The highest BCUT2D eigenvalue weighted by Crippen LogP contribution is 2.37. The van der Waals surface area contributed by atoms with Gasteiger partial charge in [-0.1, -0.05) is 37.4 Å². The van der Waals surface area contributed by atoms with Crippen LogP contribution in [-0.4, -0.2) is 73.7 Å². The van der Waals surface area contributed by atoms with Gasteiger partial charge in [-0.3, -0.25) is 14.4 Å². The Labute approximate surface area is 302 Å². The van der Waals surface area contributed by atoms with E-state index in [4.69, 9.17) is 21.3 Å². The SMILES string of the molecule is CCc1c(N2CCN(c3c[nH]n(C4CCCC4)c3=O)[C@H](C)C2)c(=O)n2nc(C3=CCOCC3)nc2n1CC(=O)Nc1cc(Cl)c(C(F)(F)F)cc1C. The number of H-pyrrole nitrogens is 1. The molecule has 1 aromatic carbocycles. The van der Waals surface area contributed by atoms with E-state index in [1.54, 1.807) is 15.4 Å². The largest absolute Gasteiger partial charge is 0.417 e. The number of hydrogen-bond donors (Lipinski definition) is 2. The Morgan fingerprint density at radius 2 is 1.92 bits per heavy atom. The molecule has 1 atom stereocenters. The van der Waals surface area contributed by atoms with Crippen molar-refractivity contribution in [1.82, 2.24) is 28.9 Å². The summed E-state index contributed by atoms with van der Waals surface area (Å²) < 4.78 is 50.4. The summed E-state index contributed by atoms with van der Waals surface area (Å²) in [6, 6.07) is 2.02. The summed E-state index contributed by atoms with van der Waals surface area (Å²) in [4.78, 5) is 50.3. The number of fused-ring (bicyclic) bond motifs is 1. The van der Waals surface area contributed by atoms with Gasteiger partial charge >= 0.3 is 6.18 Å². The van der Waals surface area contributed by atoms with Crippen molar-refractivity contribution in [2.24, 2.45) is 0 Å². The predicted molar refractivity (Wildman–Crippen MR) is 191 cm³/mol. The van der Waals surface area contributed by atoms with Crippen LogP contribution in [0.5, 0.6) is 0 Å². The molecule has 1 aliphatic carbocycles. The molecular formula is C35H41ClF3N9O4. The van der Waals surface area contributed by atoms with Gasteiger partial charge in [0.15, 0.2) is 5.82 Å².